The maximum absolute atomic E-state index is 4.72. The van der Waals surface area contributed by atoms with Gasteiger partial charge in [0.25, 0.3) is 0 Å². The highest BCUT2D eigenvalue weighted by Crippen LogP contribution is 2.22. The van der Waals surface area contributed by atoms with Crippen LogP contribution in [-0.4, -0.2) is 41.1 Å². The van der Waals surface area contributed by atoms with Crippen LogP contribution in [0, 0.1) is 13.8 Å². The normalized spacial score (nSPS) is 14.3. The maximum atomic E-state index is 4.72. The summed E-state index contributed by atoms with van der Waals surface area (Å²) in [5.41, 5.74) is 3.54. The maximum Gasteiger partial charge on any atom is 0.227 e. The van der Waals surface area contributed by atoms with Crippen molar-refractivity contribution in [3.63, 3.8) is 0 Å². The van der Waals surface area contributed by atoms with Gasteiger partial charge < -0.3 is 15.1 Å². The second kappa shape index (κ2) is 7.61. The predicted octanol–water partition coefficient (Wildman–Crippen LogP) is 3.56. The zero-order valence-electron chi connectivity index (χ0n) is 15.8. The topological polar surface area (TPSA) is 57.2 Å². The average Bonchev–Trinajstić information content (AvgIpc) is 2.71. The molecule has 138 valence electrons. The first-order valence-corrected chi connectivity index (χ1v) is 9.27. The second-order valence-corrected chi connectivity index (χ2v) is 6.85. The van der Waals surface area contributed by atoms with Gasteiger partial charge in [-0.3, -0.25) is 0 Å². The molecule has 6 nitrogen and oxygen atoms in total. The van der Waals surface area contributed by atoms with E-state index in [4.69, 9.17) is 4.98 Å². The minimum Gasteiger partial charge on any atom is -0.353 e. The van der Waals surface area contributed by atoms with Crippen LogP contribution in [0.25, 0.3) is 0 Å². The third-order valence-corrected chi connectivity index (χ3v) is 4.82. The molecule has 4 rings (SSSR count). The summed E-state index contributed by atoms with van der Waals surface area (Å²) in [6.07, 6.45) is 3.66. The van der Waals surface area contributed by atoms with Gasteiger partial charge in [0.2, 0.25) is 5.95 Å². The quantitative estimate of drug-likeness (QED) is 0.768. The fraction of sp³-hybridized carbons (Fsp3) is 0.286. The Morgan fingerprint density at radius 1 is 0.852 bits per heavy atom. The van der Waals surface area contributed by atoms with Crippen molar-refractivity contribution in [3.8, 4) is 0 Å². The molecule has 1 aliphatic rings. The van der Waals surface area contributed by atoms with Crippen molar-refractivity contribution in [3.05, 3.63) is 66.0 Å². The molecule has 0 bridgehead atoms. The Hall–Kier alpha value is -3.15. The molecular formula is C21H24N6. The van der Waals surface area contributed by atoms with Crippen molar-refractivity contribution in [2.75, 3.05) is 41.3 Å². The third-order valence-electron chi connectivity index (χ3n) is 4.82. The van der Waals surface area contributed by atoms with E-state index >= 15 is 0 Å². The number of anilines is 4. The van der Waals surface area contributed by atoms with Gasteiger partial charge in [0, 0.05) is 44.3 Å². The van der Waals surface area contributed by atoms with E-state index in [9.17, 15) is 0 Å². The van der Waals surface area contributed by atoms with Gasteiger partial charge >= 0.3 is 0 Å². The number of hydrogen-bond acceptors (Lipinski definition) is 6. The third kappa shape index (κ3) is 4.00. The monoisotopic (exact) mass is 360 g/mol. The van der Waals surface area contributed by atoms with E-state index in [0.717, 1.165) is 49.5 Å². The van der Waals surface area contributed by atoms with Crippen LogP contribution >= 0.6 is 0 Å². The number of rotatable bonds is 4. The molecule has 1 aliphatic heterocycles. The number of aryl methyl sites for hydroxylation is 2. The summed E-state index contributed by atoms with van der Waals surface area (Å²) >= 11 is 0. The lowest BCUT2D eigenvalue weighted by atomic mass is 10.1. The molecule has 0 unspecified atom stereocenters. The van der Waals surface area contributed by atoms with Gasteiger partial charge in [-0.15, -0.1) is 0 Å². The highest BCUT2D eigenvalue weighted by molar-refractivity contribution is 5.61. The van der Waals surface area contributed by atoms with Crippen LogP contribution in [0.5, 0.6) is 0 Å². The SMILES string of the molecule is Cc1ccc(Nc2ccnc(N3CCN(c4ccccn4)CC3)n2)c(C)c1. The van der Waals surface area contributed by atoms with E-state index in [-0.39, 0.29) is 0 Å². The molecule has 1 N–H and O–H groups in total. The first-order valence-electron chi connectivity index (χ1n) is 9.27. The summed E-state index contributed by atoms with van der Waals surface area (Å²) in [4.78, 5) is 18.2. The lowest BCUT2D eigenvalue weighted by Crippen LogP contribution is -2.47. The Balaban J connectivity index is 1.44. The second-order valence-electron chi connectivity index (χ2n) is 6.85. The molecule has 0 aliphatic carbocycles. The highest BCUT2D eigenvalue weighted by atomic mass is 15.3. The molecule has 1 saturated heterocycles. The molecule has 0 saturated carbocycles. The largest absolute Gasteiger partial charge is 0.353 e. The van der Waals surface area contributed by atoms with E-state index in [0.29, 0.717) is 0 Å². The lowest BCUT2D eigenvalue weighted by Gasteiger charge is -2.35. The number of nitrogens with one attached hydrogen (secondary N) is 1. The van der Waals surface area contributed by atoms with Crippen molar-refractivity contribution in [2.24, 2.45) is 0 Å². The minimum atomic E-state index is 0.769. The Labute approximate surface area is 159 Å². The highest BCUT2D eigenvalue weighted by Gasteiger charge is 2.20. The van der Waals surface area contributed by atoms with Gasteiger partial charge in [0.15, 0.2) is 0 Å². The summed E-state index contributed by atoms with van der Waals surface area (Å²) < 4.78 is 0. The Morgan fingerprint density at radius 3 is 2.41 bits per heavy atom. The van der Waals surface area contributed by atoms with E-state index in [1.54, 1.807) is 0 Å². The van der Waals surface area contributed by atoms with Gasteiger partial charge in [-0.05, 0) is 43.7 Å². The zero-order chi connectivity index (χ0) is 18.6. The molecule has 27 heavy (non-hydrogen) atoms. The summed E-state index contributed by atoms with van der Waals surface area (Å²) in [6.45, 7) is 7.79. The Morgan fingerprint density at radius 2 is 1.67 bits per heavy atom. The van der Waals surface area contributed by atoms with E-state index in [1.165, 1.54) is 11.1 Å². The molecular weight excluding hydrogens is 336 g/mol. The van der Waals surface area contributed by atoms with Crippen LogP contribution in [0.3, 0.4) is 0 Å². The summed E-state index contributed by atoms with van der Waals surface area (Å²) in [7, 11) is 0. The van der Waals surface area contributed by atoms with Gasteiger partial charge in [-0.2, -0.15) is 4.98 Å². The molecule has 3 heterocycles. The number of hydrogen-bond donors (Lipinski definition) is 1. The van der Waals surface area contributed by atoms with Crippen molar-refractivity contribution in [1.29, 1.82) is 0 Å². The number of aromatic nitrogens is 3. The lowest BCUT2D eigenvalue weighted by molar-refractivity contribution is 0.635. The fourth-order valence-corrected chi connectivity index (χ4v) is 3.34. The molecule has 0 spiro atoms. The molecule has 6 heteroatoms. The van der Waals surface area contributed by atoms with Crippen LogP contribution in [0.4, 0.5) is 23.3 Å². The number of piperazine rings is 1. The van der Waals surface area contributed by atoms with Crippen LogP contribution < -0.4 is 15.1 Å². The van der Waals surface area contributed by atoms with Crippen molar-refractivity contribution in [1.82, 2.24) is 15.0 Å². The minimum absolute atomic E-state index is 0.769. The summed E-state index contributed by atoms with van der Waals surface area (Å²) in [6, 6.07) is 14.3. The van der Waals surface area contributed by atoms with Crippen LogP contribution in [0.1, 0.15) is 11.1 Å². The Bertz CT molecular complexity index is 904. The van der Waals surface area contributed by atoms with Crippen molar-refractivity contribution >= 4 is 23.3 Å². The van der Waals surface area contributed by atoms with Crippen molar-refractivity contribution < 1.29 is 0 Å². The molecule has 1 aromatic carbocycles. The molecule has 0 radical (unpaired) electrons. The van der Waals surface area contributed by atoms with Gasteiger partial charge in [0.1, 0.15) is 11.6 Å². The van der Waals surface area contributed by atoms with Crippen LogP contribution in [-0.2, 0) is 0 Å². The number of pyridine rings is 1. The standard InChI is InChI=1S/C21H24N6/c1-16-6-7-18(17(2)15-16)24-19-8-10-23-21(25-19)27-13-11-26(12-14-27)20-5-3-4-9-22-20/h3-10,15H,11-14H2,1-2H3,(H,23,24,25). The number of nitrogens with zero attached hydrogens (tertiary/aromatic N) is 5. The molecule has 0 amide bonds. The molecule has 1 fully saturated rings. The smallest absolute Gasteiger partial charge is 0.227 e. The van der Waals surface area contributed by atoms with Gasteiger partial charge in [-0.25, -0.2) is 9.97 Å². The van der Waals surface area contributed by atoms with Crippen molar-refractivity contribution in [2.45, 2.75) is 13.8 Å². The van der Waals surface area contributed by atoms with E-state index < -0.39 is 0 Å². The molecule has 0 atom stereocenters. The zero-order valence-corrected chi connectivity index (χ0v) is 15.8. The summed E-state index contributed by atoms with van der Waals surface area (Å²) in [5, 5.41) is 3.42. The first kappa shape index (κ1) is 17.3. The summed E-state index contributed by atoms with van der Waals surface area (Å²) in [5.74, 6) is 2.62. The molecule has 2 aromatic heterocycles. The first-order chi connectivity index (χ1) is 13.2. The van der Waals surface area contributed by atoms with Crippen LogP contribution in [0.2, 0.25) is 0 Å². The van der Waals surface area contributed by atoms with Gasteiger partial charge in [0.05, 0.1) is 0 Å². The van der Waals surface area contributed by atoms with Gasteiger partial charge in [-0.1, -0.05) is 23.8 Å². The predicted molar refractivity (Wildman–Crippen MR) is 110 cm³/mol. The van der Waals surface area contributed by atoms with E-state index in [1.807, 2.05) is 30.6 Å². The van der Waals surface area contributed by atoms with Crippen LogP contribution in [0.15, 0.2) is 54.9 Å². The molecule has 3 aromatic rings. The average molecular weight is 360 g/mol. The number of benzene rings is 1. The van der Waals surface area contributed by atoms with E-state index in [2.05, 4.69) is 63.2 Å². The Kier molecular flexibility index (Phi) is 4.87. The fourth-order valence-electron chi connectivity index (χ4n) is 3.34.